The molecule has 0 saturated carbocycles. The highest BCUT2D eigenvalue weighted by molar-refractivity contribution is 5.86. The van der Waals surface area contributed by atoms with Crippen molar-refractivity contribution in [3.63, 3.8) is 0 Å². The van der Waals surface area contributed by atoms with Crippen LogP contribution in [0.1, 0.15) is 0 Å². The average molecular weight is 220 g/mol. The van der Waals surface area contributed by atoms with Gasteiger partial charge in [0.05, 0.1) is 5.52 Å². The largest absolute Gasteiger partial charge is 0.506 e. The number of hydrogen-bond acceptors (Lipinski definition) is 3. The normalized spacial score (nSPS) is 12.8. The Morgan fingerprint density at radius 1 is 1.44 bits per heavy atom. The zero-order chi connectivity index (χ0) is 11.7. The zero-order valence-electron chi connectivity index (χ0n) is 8.50. The van der Waals surface area contributed by atoms with Crippen molar-refractivity contribution >= 4 is 16.9 Å². The van der Waals surface area contributed by atoms with Gasteiger partial charge in [-0.25, -0.2) is 0 Å². The number of aromatic hydroxyl groups is 1. The van der Waals surface area contributed by atoms with Gasteiger partial charge in [-0.3, -0.25) is 4.79 Å². The Hall–Kier alpha value is -2.01. The Bertz CT molecular complexity index is 533. The second-order valence-electron chi connectivity index (χ2n) is 3.63. The van der Waals surface area contributed by atoms with Crippen molar-refractivity contribution < 1.29 is 15.0 Å². The van der Waals surface area contributed by atoms with Gasteiger partial charge in [0.15, 0.2) is 0 Å². The predicted molar refractivity (Wildman–Crippen MR) is 59.2 cm³/mol. The summed E-state index contributed by atoms with van der Waals surface area (Å²) in [7, 11) is 0. The van der Waals surface area contributed by atoms with Gasteiger partial charge in [-0.2, -0.15) is 0 Å². The summed E-state index contributed by atoms with van der Waals surface area (Å²) in [6.45, 7) is 0.135. The minimum Gasteiger partial charge on any atom is -0.506 e. The van der Waals surface area contributed by atoms with Crippen molar-refractivity contribution in [3.8, 4) is 5.75 Å². The van der Waals surface area contributed by atoms with E-state index in [2.05, 4.69) is 0 Å². The minimum atomic E-state index is -1.06. The van der Waals surface area contributed by atoms with Crippen LogP contribution in [0.3, 0.4) is 0 Å². The Labute approximate surface area is 91.7 Å². The molecule has 5 nitrogen and oxygen atoms in total. The van der Waals surface area contributed by atoms with Crippen LogP contribution in [0.2, 0.25) is 0 Å². The van der Waals surface area contributed by atoms with Crippen molar-refractivity contribution in [3.05, 3.63) is 30.5 Å². The van der Waals surface area contributed by atoms with E-state index in [9.17, 15) is 9.90 Å². The van der Waals surface area contributed by atoms with Crippen molar-refractivity contribution in [2.24, 2.45) is 5.73 Å². The topological polar surface area (TPSA) is 88.5 Å². The summed E-state index contributed by atoms with van der Waals surface area (Å²) in [5, 5.41) is 19.1. The molecule has 2 aromatic rings. The Kier molecular flexibility index (Phi) is 2.54. The number of nitrogens with two attached hydrogens (primary N) is 1. The first-order valence-corrected chi connectivity index (χ1v) is 4.85. The number of benzene rings is 1. The van der Waals surface area contributed by atoms with Crippen molar-refractivity contribution in [1.29, 1.82) is 0 Å². The second kappa shape index (κ2) is 3.86. The third-order valence-electron chi connectivity index (χ3n) is 2.48. The number of aliphatic carboxylic acids is 1. The predicted octanol–water partition coefficient (Wildman–Crippen LogP) is 0.759. The summed E-state index contributed by atoms with van der Waals surface area (Å²) in [6.07, 6.45) is 1.49. The van der Waals surface area contributed by atoms with Gasteiger partial charge in [0.25, 0.3) is 0 Å². The van der Waals surface area contributed by atoms with E-state index in [1.165, 1.54) is 6.20 Å². The van der Waals surface area contributed by atoms with E-state index >= 15 is 0 Å². The lowest BCUT2D eigenvalue weighted by Gasteiger charge is -2.08. The zero-order valence-corrected chi connectivity index (χ0v) is 8.50. The van der Waals surface area contributed by atoms with Gasteiger partial charge in [-0.1, -0.05) is 12.1 Å². The first-order chi connectivity index (χ1) is 7.59. The molecular formula is C11H12N2O3. The summed E-state index contributed by atoms with van der Waals surface area (Å²) < 4.78 is 1.64. The van der Waals surface area contributed by atoms with Crippen LogP contribution in [-0.2, 0) is 11.3 Å². The molecule has 0 aliphatic rings. The highest BCUT2D eigenvalue weighted by Gasteiger charge is 2.14. The van der Waals surface area contributed by atoms with E-state index in [0.29, 0.717) is 5.39 Å². The molecule has 2 rings (SSSR count). The fraction of sp³-hybridized carbons (Fsp3) is 0.182. The molecule has 0 saturated heterocycles. The van der Waals surface area contributed by atoms with E-state index in [-0.39, 0.29) is 12.3 Å². The molecule has 16 heavy (non-hydrogen) atoms. The number of carbonyl (C=O) groups is 1. The standard InChI is InChI=1S/C11H12N2O3/c12-8(11(15)16)5-13-6-10(14)7-3-1-2-4-9(7)13/h1-4,6,8,14H,5,12H2,(H,15,16)/t8-/m0/s1. The lowest BCUT2D eigenvalue weighted by atomic mass is 10.2. The van der Waals surface area contributed by atoms with Crippen LogP contribution in [0.5, 0.6) is 5.75 Å². The number of fused-ring (bicyclic) bond motifs is 1. The Balaban J connectivity index is 2.42. The number of rotatable bonds is 3. The molecule has 1 aromatic heterocycles. The Morgan fingerprint density at radius 2 is 2.12 bits per heavy atom. The van der Waals surface area contributed by atoms with Crippen molar-refractivity contribution in [2.75, 3.05) is 0 Å². The van der Waals surface area contributed by atoms with Crippen LogP contribution in [0.25, 0.3) is 10.9 Å². The molecule has 0 bridgehead atoms. The fourth-order valence-corrected chi connectivity index (χ4v) is 1.67. The van der Waals surface area contributed by atoms with Gasteiger partial charge in [0.2, 0.25) is 0 Å². The number of para-hydroxylation sites is 1. The van der Waals surface area contributed by atoms with Crippen molar-refractivity contribution in [2.45, 2.75) is 12.6 Å². The number of aromatic nitrogens is 1. The lowest BCUT2D eigenvalue weighted by Crippen LogP contribution is -2.34. The van der Waals surface area contributed by atoms with E-state index in [0.717, 1.165) is 5.52 Å². The molecule has 0 spiro atoms. The molecule has 0 aliphatic carbocycles. The van der Waals surface area contributed by atoms with E-state index in [1.54, 1.807) is 10.6 Å². The quantitative estimate of drug-likeness (QED) is 0.712. The number of carboxylic acids is 1. The molecule has 5 heteroatoms. The first kappa shape index (κ1) is 10.5. The Morgan fingerprint density at radius 3 is 2.81 bits per heavy atom. The third-order valence-corrected chi connectivity index (χ3v) is 2.48. The highest BCUT2D eigenvalue weighted by Crippen LogP contribution is 2.26. The third kappa shape index (κ3) is 1.72. The van der Waals surface area contributed by atoms with Crippen LogP contribution in [0, 0.1) is 0 Å². The lowest BCUT2D eigenvalue weighted by molar-refractivity contribution is -0.138. The van der Waals surface area contributed by atoms with E-state index in [1.807, 2.05) is 18.2 Å². The SMILES string of the molecule is N[C@@H](Cn1cc(O)c2ccccc21)C(=O)O. The first-order valence-electron chi connectivity index (χ1n) is 4.85. The van der Waals surface area contributed by atoms with Crippen LogP contribution in [0.15, 0.2) is 30.5 Å². The molecule has 1 heterocycles. The molecule has 0 aliphatic heterocycles. The van der Waals surface area contributed by atoms with Crippen molar-refractivity contribution in [1.82, 2.24) is 4.57 Å². The molecule has 0 fully saturated rings. The molecular weight excluding hydrogens is 208 g/mol. The summed E-state index contributed by atoms with van der Waals surface area (Å²) in [5.74, 6) is -0.926. The van der Waals surface area contributed by atoms with Crippen LogP contribution < -0.4 is 5.73 Å². The van der Waals surface area contributed by atoms with E-state index in [4.69, 9.17) is 10.8 Å². The van der Waals surface area contributed by atoms with Gasteiger partial charge >= 0.3 is 5.97 Å². The van der Waals surface area contributed by atoms with Gasteiger partial charge in [0.1, 0.15) is 11.8 Å². The summed E-state index contributed by atoms with van der Waals surface area (Å²) in [6, 6.07) is 6.24. The van der Waals surface area contributed by atoms with Crippen LogP contribution in [0.4, 0.5) is 0 Å². The van der Waals surface area contributed by atoms with Crippen LogP contribution >= 0.6 is 0 Å². The maximum Gasteiger partial charge on any atom is 0.322 e. The average Bonchev–Trinajstić information content (AvgIpc) is 2.57. The van der Waals surface area contributed by atoms with Gasteiger partial charge < -0.3 is 20.5 Å². The molecule has 1 atom stereocenters. The minimum absolute atomic E-state index is 0.133. The van der Waals surface area contributed by atoms with Gasteiger partial charge in [0, 0.05) is 18.1 Å². The summed E-state index contributed by atoms with van der Waals surface area (Å²) in [5.41, 5.74) is 6.22. The van der Waals surface area contributed by atoms with Gasteiger partial charge in [-0.05, 0) is 12.1 Å². The second-order valence-corrected chi connectivity index (χ2v) is 3.63. The van der Waals surface area contributed by atoms with Gasteiger partial charge in [-0.15, -0.1) is 0 Å². The molecule has 0 radical (unpaired) electrons. The monoisotopic (exact) mass is 220 g/mol. The molecule has 0 amide bonds. The highest BCUT2D eigenvalue weighted by atomic mass is 16.4. The number of nitrogens with zero attached hydrogens (tertiary/aromatic N) is 1. The number of hydrogen-bond donors (Lipinski definition) is 3. The maximum absolute atomic E-state index is 10.6. The summed E-state index contributed by atoms with van der Waals surface area (Å²) >= 11 is 0. The number of carboxylic acid groups (broad SMARTS) is 1. The smallest absolute Gasteiger partial charge is 0.322 e. The molecule has 4 N–H and O–H groups in total. The molecule has 84 valence electrons. The summed E-state index contributed by atoms with van der Waals surface area (Å²) in [4.78, 5) is 10.6. The van der Waals surface area contributed by atoms with E-state index < -0.39 is 12.0 Å². The van der Waals surface area contributed by atoms with Crippen LogP contribution in [-0.4, -0.2) is 26.8 Å². The molecule has 1 aromatic carbocycles. The maximum atomic E-state index is 10.6. The molecule has 0 unspecified atom stereocenters. The fourth-order valence-electron chi connectivity index (χ4n) is 1.67.